The van der Waals surface area contributed by atoms with Gasteiger partial charge in [-0.15, -0.1) is 10.2 Å². The van der Waals surface area contributed by atoms with Gasteiger partial charge in [0.2, 0.25) is 4.96 Å². The zero-order valence-corrected chi connectivity index (χ0v) is 11.2. The number of nitrogens with zero attached hydrogens (tertiary/aromatic N) is 4. The summed E-state index contributed by atoms with van der Waals surface area (Å²) < 4.78 is 1.88. The molecule has 0 fully saturated rings. The molecule has 2 N–H and O–H groups in total. The first-order chi connectivity index (χ1) is 8.22. The lowest BCUT2D eigenvalue weighted by molar-refractivity contribution is 0.670. The molecular weight excluding hydrogens is 234 g/mol. The van der Waals surface area contributed by atoms with Crippen molar-refractivity contribution in [2.45, 2.75) is 45.4 Å². The molecule has 0 aliphatic carbocycles. The molecule has 94 valence electrons. The summed E-state index contributed by atoms with van der Waals surface area (Å²) >= 11 is 1.64. The molecule has 0 aliphatic heterocycles. The van der Waals surface area contributed by atoms with Crippen LogP contribution < -0.4 is 5.73 Å². The number of fused-ring (bicyclic) bond motifs is 1. The monoisotopic (exact) mass is 253 g/mol. The summed E-state index contributed by atoms with van der Waals surface area (Å²) in [5, 5.41) is 14.0. The van der Waals surface area contributed by atoms with Gasteiger partial charge < -0.3 is 5.73 Å². The van der Waals surface area contributed by atoms with Crippen LogP contribution >= 0.6 is 11.3 Å². The number of aromatic nitrogens is 4. The lowest BCUT2D eigenvalue weighted by Gasteiger charge is -1.98. The third kappa shape index (κ3) is 2.81. The van der Waals surface area contributed by atoms with Gasteiger partial charge >= 0.3 is 0 Å². The van der Waals surface area contributed by atoms with Gasteiger partial charge in [-0.2, -0.15) is 9.61 Å². The van der Waals surface area contributed by atoms with E-state index in [1.807, 2.05) is 4.52 Å². The predicted molar refractivity (Wildman–Crippen MR) is 69.4 cm³/mol. The topological polar surface area (TPSA) is 69.1 Å². The van der Waals surface area contributed by atoms with Crippen molar-refractivity contribution in [2.24, 2.45) is 5.73 Å². The van der Waals surface area contributed by atoms with Crippen molar-refractivity contribution in [3.05, 3.63) is 10.8 Å². The maximum absolute atomic E-state index is 5.47. The Kier molecular flexibility index (Phi) is 4.06. The molecule has 0 aromatic carbocycles. The zero-order chi connectivity index (χ0) is 12.3. The van der Waals surface area contributed by atoms with Gasteiger partial charge in [-0.1, -0.05) is 31.6 Å². The molecule has 0 saturated carbocycles. The second-order valence-corrected chi connectivity index (χ2v) is 5.54. The molecule has 0 spiro atoms. The minimum absolute atomic E-state index is 0.359. The average Bonchev–Trinajstić information content (AvgIpc) is 2.82. The van der Waals surface area contributed by atoms with Crippen LogP contribution in [0.1, 0.15) is 49.9 Å². The number of nitrogens with two attached hydrogens (primary N) is 1. The van der Waals surface area contributed by atoms with Crippen LogP contribution in [0.15, 0.2) is 0 Å². The largest absolute Gasteiger partial charge is 0.330 e. The molecule has 0 aliphatic rings. The second kappa shape index (κ2) is 5.55. The van der Waals surface area contributed by atoms with Crippen molar-refractivity contribution < 1.29 is 0 Å². The van der Waals surface area contributed by atoms with Crippen LogP contribution in [0.25, 0.3) is 4.96 Å². The molecule has 0 radical (unpaired) electrons. The summed E-state index contributed by atoms with van der Waals surface area (Å²) in [5.41, 5.74) is 5.47. The molecule has 2 rings (SSSR count). The normalized spacial score (nSPS) is 11.8. The lowest BCUT2D eigenvalue weighted by atomic mass is 10.2. The Labute approximate surface area is 105 Å². The SMILES string of the molecule is CC(C)c1nnc2sc(CCCCCN)nn12. The summed E-state index contributed by atoms with van der Waals surface area (Å²) in [6.07, 6.45) is 4.44. The highest BCUT2D eigenvalue weighted by atomic mass is 32.1. The molecule has 17 heavy (non-hydrogen) atoms. The van der Waals surface area contributed by atoms with Gasteiger partial charge in [0.25, 0.3) is 0 Å². The van der Waals surface area contributed by atoms with Crippen molar-refractivity contribution in [2.75, 3.05) is 6.54 Å². The summed E-state index contributed by atoms with van der Waals surface area (Å²) in [5.74, 6) is 1.31. The molecule has 6 heteroatoms. The van der Waals surface area contributed by atoms with Crippen LogP contribution in [0, 0.1) is 0 Å². The minimum atomic E-state index is 0.359. The van der Waals surface area contributed by atoms with Gasteiger partial charge in [0, 0.05) is 12.3 Å². The smallest absolute Gasteiger partial charge is 0.234 e. The number of rotatable bonds is 6. The van der Waals surface area contributed by atoms with Crippen LogP contribution in [0.2, 0.25) is 0 Å². The molecule has 5 nitrogen and oxygen atoms in total. The van der Waals surface area contributed by atoms with E-state index < -0.39 is 0 Å². The molecular formula is C11H19N5S. The van der Waals surface area contributed by atoms with Crippen LogP contribution in [-0.2, 0) is 6.42 Å². The third-order valence-corrected chi connectivity index (χ3v) is 3.63. The first kappa shape index (κ1) is 12.4. The standard InChI is InChI=1S/C11H19N5S/c1-8(2)10-13-14-11-16(10)15-9(17-11)6-4-3-5-7-12/h8H,3-7,12H2,1-2H3. The van der Waals surface area contributed by atoms with Crippen molar-refractivity contribution in [1.82, 2.24) is 19.8 Å². The summed E-state index contributed by atoms with van der Waals surface area (Å²) in [6.45, 7) is 5.00. The molecule has 2 aromatic rings. The second-order valence-electron chi connectivity index (χ2n) is 4.50. The van der Waals surface area contributed by atoms with Crippen LogP contribution in [0.4, 0.5) is 0 Å². The van der Waals surface area contributed by atoms with Gasteiger partial charge in [-0.25, -0.2) is 0 Å². The van der Waals surface area contributed by atoms with Gasteiger partial charge in [0.1, 0.15) is 5.01 Å². The van der Waals surface area contributed by atoms with Crippen LogP contribution in [-0.4, -0.2) is 26.4 Å². The van der Waals surface area contributed by atoms with Gasteiger partial charge in [-0.3, -0.25) is 0 Å². The van der Waals surface area contributed by atoms with E-state index in [0.29, 0.717) is 5.92 Å². The van der Waals surface area contributed by atoms with Crippen molar-refractivity contribution in [3.8, 4) is 0 Å². The Balaban J connectivity index is 2.04. The van der Waals surface area contributed by atoms with Crippen molar-refractivity contribution >= 4 is 16.3 Å². The lowest BCUT2D eigenvalue weighted by Crippen LogP contribution is -2.00. The van der Waals surface area contributed by atoms with E-state index in [2.05, 4.69) is 29.1 Å². The molecule has 0 saturated heterocycles. The van der Waals surface area contributed by atoms with Gasteiger partial charge in [-0.05, 0) is 19.4 Å². The van der Waals surface area contributed by atoms with E-state index in [0.717, 1.165) is 41.6 Å². The van der Waals surface area contributed by atoms with E-state index in [-0.39, 0.29) is 0 Å². The fourth-order valence-electron chi connectivity index (χ4n) is 1.73. The van der Waals surface area contributed by atoms with E-state index in [9.17, 15) is 0 Å². The predicted octanol–water partition coefficient (Wildman–Crippen LogP) is 1.98. The highest BCUT2D eigenvalue weighted by molar-refractivity contribution is 7.16. The van der Waals surface area contributed by atoms with E-state index in [4.69, 9.17) is 5.73 Å². The van der Waals surface area contributed by atoms with Crippen LogP contribution in [0.3, 0.4) is 0 Å². The van der Waals surface area contributed by atoms with E-state index in [1.165, 1.54) is 6.42 Å². The highest BCUT2D eigenvalue weighted by Crippen LogP contribution is 2.19. The average molecular weight is 253 g/mol. The Bertz CT molecular complexity index is 473. The van der Waals surface area contributed by atoms with Gasteiger partial charge in [0.15, 0.2) is 5.82 Å². The zero-order valence-electron chi connectivity index (χ0n) is 10.4. The first-order valence-corrected chi connectivity index (χ1v) is 6.95. The van der Waals surface area contributed by atoms with E-state index in [1.54, 1.807) is 11.3 Å². The van der Waals surface area contributed by atoms with Crippen molar-refractivity contribution in [3.63, 3.8) is 0 Å². The van der Waals surface area contributed by atoms with Gasteiger partial charge in [0.05, 0.1) is 0 Å². The molecule has 0 atom stereocenters. The fraction of sp³-hybridized carbons (Fsp3) is 0.727. The Hall–Kier alpha value is -1.01. The van der Waals surface area contributed by atoms with Crippen molar-refractivity contribution in [1.29, 1.82) is 0 Å². The molecule has 2 aromatic heterocycles. The Morgan fingerprint density at radius 1 is 1.24 bits per heavy atom. The molecule has 2 heterocycles. The number of hydrogen-bond acceptors (Lipinski definition) is 5. The number of aryl methyl sites for hydroxylation is 1. The first-order valence-electron chi connectivity index (χ1n) is 6.13. The van der Waals surface area contributed by atoms with Crippen LogP contribution in [0.5, 0.6) is 0 Å². The quantitative estimate of drug-likeness (QED) is 0.799. The maximum atomic E-state index is 5.47. The number of unbranched alkanes of at least 4 members (excludes halogenated alkanes) is 2. The highest BCUT2D eigenvalue weighted by Gasteiger charge is 2.13. The summed E-state index contributed by atoms with van der Waals surface area (Å²) in [7, 11) is 0. The Morgan fingerprint density at radius 2 is 2.06 bits per heavy atom. The minimum Gasteiger partial charge on any atom is -0.330 e. The third-order valence-electron chi connectivity index (χ3n) is 2.67. The molecule has 0 unspecified atom stereocenters. The Morgan fingerprint density at radius 3 is 2.76 bits per heavy atom. The molecule has 0 bridgehead atoms. The number of hydrogen-bond donors (Lipinski definition) is 1. The maximum Gasteiger partial charge on any atom is 0.234 e. The summed E-state index contributed by atoms with van der Waals surface area (Å²) in [6, 6.07) is 0. The summed E-state index contributed by atoms with van der Waals surface area (Å²) in [4.78, 5) is 0.905. The van der Waals surface area contributed by atoms with E-state index >= 15 is 0 Å². The fourth-order valence-corrected chi connectivity index (χ4v) is 2.61. The molecule has 0 amide bonds.